The molecule has 4 rings (SSSR count). The van der Waals surface area contributed by atoms with Crippen LogP contribution < -0.4 is 0 Å². The van der Waals surface area contributed by atoms with E-state index in [0.29, 0.717) is 0 Å². The average molecular weight is 353 g/mol. The van der Waals surface area contributed by atoms with E-state index in [1.54, 1.807) is 35.2 Å². The van der Waals surface area contributed by atoms with Gasteiger partial charge in [0.15, 0.2) is 11.5 Å². The van der Waals surface area contributed by atoms with Gasteiger partial charge in [-0.05, 0) is 41.3 Å². The standard InChI is InChI=1S/C19H15NO2S2/c21-15-8-7-12(10-16(15)22)19-11-14(17-6-3-9-23-17)20-13-4-1-2-5-18(13)24-19/h1-10,19,21-22H,11H2. The van der Waals surface area contributed by atoms with Crippen molar-refractivity contribution in [3.05, 3.63) is 70.4 Å². The average Bonchev–Trinajstić information content (AvgIpc) is 3.05. The summed E-state index contributed by atoms with van der Waals surface area (Å²) in [6, 6.07) is 17.3. The van der Waals surface area contributed by atoms with E-state index >= 15 is 0 Å². The number of benzene rings is 2. The number of rotatable bonds is 2. The van der Waals surface area contributed by atoms with Gasteiger partial charge in [-0.3, -0.25) is 4.99 Å². The molecule has 0 saturated heterocycles. The largest absolute Gasteiger partial charge is 0.504 e. The first-order chi connectivity index (χ1) is 11.7. The fraction of sp³-hybridized carbons (Fsp3) is 0.105. The summed E-state index contributed by atoms with van der Waals surface area (Å²) in [5, 5.41) is 21.6. The quantitative estimate of drug-likeness (QED) is 0.597. The number of thioether (sulfide) groups is 1. The van der Waals surface area contributed by atoms with Gasteiger partial charge in [0.25, 0.3) is 0 Å². The van der Waals surface area contributed by atoms with Crippen molar-refractivity contribution in [2.24, 2.45) is 4.99 Å². The Balaban J connectivity index is 1.79. The molecule has 1 aliphatic heterocycles. The summed E-state index contributed by atoms with van der Waals surface area (Å²) >= 11 is 3.43. The van der Waals surface area contributed by atoms with Crippen molar-refractivity contribution in [3.63, 3.8) is 0 Å². The van der Waals surface area contributed by atoms with Crippen LogP contribution in [0.1, 0.15) is 22.1 Å². The Kier molecular flexibility index (Phi) is 4.04. The molecule has 24 heavy (non-hydrogen) atoms. The summed E-state index contributed by atoms with van der Waals surface area (Å²) in [6.07, 6.45) is 0.768. The Morgan fingerprint density at radius 1 is 0.958 bits per heavy atom. The third kappa shape index (κ3) is 2.92. The van der Waals surface area contributed by atoms with Gasteiger partial charge in [-0.1, -0.05) is 24.3 Å². The molecule has 1 unspecified atom stereocenters. The van der Waals surface area contributed by atoms with E-state index in [2.05, 4.69) is 17.5 Å². The molecule has 1 aliphatic rings. The number of nitrogens with zero attached hydrogens (tertiary/aromatic N) is 1. The topological polar surface area (TPSA) is 52.8 Å². The lowest BCUT2D eigenvalue weighted by Gasteiger charge is -2.16. The maximum absolute atomic E-state index is 9.86. The molecule has 3 aromatic rings. The summed E-state index contributed by atoms with van der Waals surface area (Å²) in [5.74, 6) is -0.176. The smallest absolute Gasteiger partial charge is 0.157 e. The van der Waals surface area contributed by atoms with E-state index in [-0.39, 0.29) is 16.7 Å². The molecule has 0 aliphatic carbocycles. The van der Waals surface area contributed by atoms with E-state index in [1.807, 2.05) is 30.3 Å². The highest BCUT2D eigenvalue weighted by Crippen LogP contribution is 2.46. The minimum atomic E-state index is -0.0927. The van der Waals surface area contributed by atoms with Gasteiger partial charge in [0.05, 0.1) is 11.4 Å². The molecule has 2 heterocycles. The molecule has 0 saturated carbocycles. The van der Waals surface area contributed by atoms with Crippen molar-refractivity contribution in [1.29, 1.82) is 0 Å². The number of para-hydroxylation sites is 1. The second-order valence-electron chi connectivity index (χ2n) is 5.56. The molecule has 5 heteroatoms. The molecule has 2 N–H and O–H groups in total. The number of phenols is 2. The molecule has 120 valence electrons. The van der Waals surface area contributed by atoms with Gasteiger partial charge in [-0.25, -0.2) is 0 Å². The SMILES string of the molecule is Oc1ccc(C2CC(c3cccs3)=Nc3ccccc3S2)cc1O. The first-order valence-corrected chi connectivity index (χ1v) is 9.35. The van der Waals surface area contributed by atoms with Crippen LogP contribution in [0.4, 0.5) is 5.69 Å². The Morgan fingerprint density at radius 2 is 1.83 bits per heavy atom. The minimum Gasteiger partial charge on any atom is -0.504 e. The van der Waals surface area contributed by atoms with Crippen molar-refractivity contribution in [2.45, 2.75) is 16.6 Å². The Labute approximate surface area is 148 Å². The molecule has 0 bridgehead atoms. The highest BCUT2D eigenvalue weighted by Gasteiger charge is 2.23. The summed E-state index contributed by atoms with van der Waals surface area (Å²) in [4.78, 5) is 7.19. The van der Waals surface area contributed by atoms with E-state index in [1.165, 1.54) is 4.88 Å². The van der Waals surface area contributed by atoms with Crippen LogP contribution in [0.3, 0.4) is 0 Å². The van der Waals surface area contributed by atoms with Crippen LogP contribution in [-0.4, -0.2) is 15.9 Å². The monoisotopic (exact) mass is 353 g/mol. The van der Waals surface area contributed by atoms with Crippen LogP contribution in [0.2, 0.25) is 0 Å². The van der Waals surface area contributed by atoms with Crippen molar-refractivity contribution in [3.8, 4) is 11.5 Å². The highest BCUT2D eigenvalue weighted by molar-refractivity contribution is 7.99. The first-order valence-electron chi connectivity index (χ1n) is 7.60. The van der Waals surface area contributed by atoms with E-state index in [4.69, 9.17) is 4.99 Å². The maximum atomic E-state index is 9.86. The molecular weight excluding hydrogens is 338 g/mol. The zero-order chi connectivity index (χ0) is 16.5. The van der Waals surface area contributed by atoms with E-state index < -0.39 is 0 Å². The predicted octanol–water partition coefficient (Wildman–Crippen LogP) is 5.52. The molecule has 0 spiro atoms. The Hall–Kier alpha value is -2.24. The Bertz CT molecular complexity index is 903. The van der Waals surface area contributed by atoms with Crippen molar-refractivity contribution < 1.29 is 10.2 Å². The molecule has 3 nitrogen and oxygen atoms in total. The highest BCUT2D eigenvalue weighted by atomic mass is 32.2. The normalized spacial score (nSPS) is 17.0. The number of fused-ring (bicyclic) bond motifs is 1. The summed E-state index contributed by atoms with van der Waals surface area (Å²) in [5.41, 5.74) is 3.02. The van der Waals surface area contributed by atoms with Crippen LogP contribution in [0.15, 0.2) is 69.9 Å². The fourth-order valence-corrected chi connectivity index (χ4v) is 4.68. The zero-order valence-electron chi connectivity index (χ0n) is 12.7. The number of aliphatic imine (C=N–C) groups is 1. The second-order valence-corrected chi connectivity index (χ2v) is 7.75. The lowest BCUT2D eigenvalue weighted by atomic mass is 10.0. The lowest BCUT2D eigenvalue weighted by molar-refractivity contribution is 0.403. The minimum absolute atomic E-state index is 0.0831. The van der Waals surface area contributed by atoms with Gasteiger partial charge in [-0.15, -0.1) is 23.1 Å². The van der Waals surface area contributed by atoms with E-state index in [0.717, 1.165) is 28.3 Å². The van der Waals surface area contributed by atoms with Crippen molar-refractivity contribution in [1.82, 2.24) is 0 Å². The number of aromatic hydroxyl groups is 2. The van der Waals surface area contributed by atoms with Crippen LogP contribution in [-0.2, 0) is 0 Å². The number of hydrogen-bond acceptors (Lipinski definition) is 5. The first kappa shape index (κ1) is 15.3. The molecule has 1 aromatic heterocycles. The molecule has 0 radical (unpaired) electrons. The van der Waals surface area contributed by atoms with Gasteiger partial charge in [-0.2, -0.15) is 0 Å². The summed E-state index contributed by atoms with van der Waals surface area (Å²) in [6.45, 7) is 0. The lowest BCUT2D eigenvalue weighted by Crippen LogP contribution is -2.03. The van der Waals surface area contributed by atoms with Crippen LogP contribution in [0.5, 0.6) is 11.5 Å². The van der Waals surface area contributed by atoms with Crippen molar-refractivity contribution >= 4 is 34.5 Å². The van der Waals surface area contributed by atoms with E-state index in [9.17, 15) is 10.2 Å². The summed E-state index contributed by atoms with van der Waals surface area (Å²) in [7, 11) is 0. The maximum Gasteiger partial charge on any atom is 0.157 e. The third-order valence-electron chi connectivity index (χ3n) is 3.95. The van der Waals surface area contributed by atoms with Gasteiger partial charge in [0.1, 0.15) is 0 Å². The predicted molar refractivity (Wildman–Crippen MR) is 99.9 cm³/mol. The molecular formula is C19H15NO2S2. The third-order valence-corrected chi connectivity index (χ3v) is 6.19. The fourth-order valence-electron chi connectivity index (χ4n) is 2.74. The van der Waals surface area contributed by atoms with Gasteiger partial charge < -0.3 is 10.2 Å². The molecule has 0 fully saturated rings. The van der Waals surface area contributed by atoms with Crippen molar-refractivity contribution in [2.75, 3.05) is 0 Å². The zero-order valence-corrected chi connectivity index (χ0v) is 14.3. The second kappa shape index (κ2) is 6.34. The molecule has 1 atom stereocenters. The van der Waals surface area contributed by atoms with Crippen LogP contribution in [0, 0.1) is 0 Å². The number of thiophene rings is 1. The van der Waals surface area contributed by atoms with Crippen LogP contribution in [0.25, 0.3) is 0 Å². The summed E-state index contributed by atoms with van der Waals surface area (Å²) < 4.78 is 0. The molecule has 2 aromatic carbocycles. The molecule has 0 amide bonds. The number of hydrogen-bond donors (Lipinski definition) is 2. The van der Waals surface area contributed by atoms with Crippen LogP contribution >= 0.6 is 23.1 Å². The Morgan fingerprint density at radius 3 is 2.62 bits per heavy atom. The van der Waals surface area contributed by atoms with Gasteiger partial charge in [0, 0.05) is 21.4 Å². The van der Waals surface area contributed by atoms with Gasteiger partial charge >= 0.3 is 0 Å². The number of phenolic OH excluding ortho intramolecular Hbond substituents is 2. The van der Waals surface area contributed by atoms with Gasteiger partial charge in [0.2, 0.25) is 0 Å².